The lowest BCUT2D eigenvalue weighted by molar-refractivity contribution is 0.0736. The Kier molecular flexibility index (Phi) is 6.65. The van der Waals surface area contributed by atoms with Crippen LogP contribution < -0.4 is 9.64 Å². The van der Waals surface area contributed by atoms with Gasteiger partial charge in [-0.2, -0.15) is 5.10 Å². The van der Waals surface area contributed by atoms with Crippen molar-refractivity contribution in [1.29, 1.82) is 0 Å². The fourth-order valence-corrected chi connectivity index (χ4v) is 3.94. The smallest absolute Gasteiger partial charge is 0.278 e. The zero-order chi connectivity index (χ0) is 22.7. The number of aryl methyl sites for hydroxylation is 1. The van der Waals surface area contributed by atoms with Gasteiger partial charge < -0.3 is 14.5 Å². The van der Waals surface area contributed by atoms with Gasteiger partial charge in [-0.05, 0) is 55.3 Å². The molecule has 3 aromatic rings. The lowest BCUT2D eigenvalue weighted by atomic mass is 10.1. The maximum Gasteiger partial charge on any atom is 0.278 e. The van der Waals surface area contributed by atoms with E-state index in [1.807, 2.05) is 25.1 Å². The minimum absolute atomic E-state index is 0.167. The van der Waals surface area contributed by atoms with Gasteiger partial charge in [-0.25, -0.2) is 9.07 Å². The second-order valence-electron chi connectivity index (χ2n) is 7.82. The first kappa shape index (κ1) is 22.1. The Morgan fingerprint density at radius 1 is 1.12 bits per heavy atom. The predicted molar refractivity (Wildman–Crippen MR) is 124 cm³/mol. The standard InChI is InChI=1S/C24H26ClFN4O2/c1-3-14-32-22-16-30(20-8-6-19(26)7-9-20)27-23(22)24(31)29-12-10-28(11-13-29)21-15-18(25)5-4-17(21)2/h4-9,15-16H,3,10-14H2,1-2H3. The number of aromatic nitrogens is 2. The van der Waals surface area contributed by atoms with Crippen LogP contribution in [0.15, 0.2) is 48.7 Å². The molecule has 0 N–H and O–H groups in total. The van der Waals surface area contributed by atoms with Gasteiger partial charge in [0.1, 0.15) is 5.82 Å². The molecule has 1 fully saturated rings. The topological polar surface area (TPSA) is 50.6 Å². The van der Waals surface area contributed by atoms with Crippen molar-refractivity contribution in [1.82, 2.24) is 14.7 Å². The van der Waals surface area contributed by atoms with Crippen molar-refractivity contribution < 1.29 is 13.9 Å². The minimum atomic E-state index is -0.326. The third-order valence-electron chi connectivity index (χ3n) is 5.51. The van der Waals surface area contributed by atoms with E-state index in [-0.39, 0.29) is 17.4 Å². The molecule has 0 aliphatic carbocycles. The predicted octanol–water partition coefficient (Wildman–Crippen LogP) is 4.72. The lowest BCUT2D eigenvalue weighted by Gasteiger charge is -2.36. The summed E-state index contributed by atoms with van der Waals surface area (Å²) in [7, 11) is 0. The molecule has 1 saturated heterocycles. The van der Waals surface area contributed by atoms with Crippen LogP contribution in [0.1, 0.15) is 29.4 Å². The van der Waals surface area contributed by atoms with Gasteiger partial charge >= 0.3 is 0 Å². The summed E-state index contributed by atoms with van der Waals surface area (Å²) in [5, 5.41) is 5.19. The number of nitrogens with zero attached hydrogens (tertiary/aromatic N) is 4. The van der Waals surface area contributed by atoms with Gasteiger partial charge in [0.15, 0.2) is 11.4 Å². The number of rotatable bonds is 6. The highest BCUT2D eigenvalue weighted by Crippen LogP contribution is 2.27. The maximum absolute atomic E-state index is 13.3. The third-order valence-corrected chi connectivity index (χ3v) is 5.75. The molecule has 1 amide bonds. The minimum Gasteiger partial charge on any atom is -0.489 e. The zero-order valence-electron chi connectivity index (χ0n) is 18.2. The molecular formula is C24H26ClFN4O2. The summed E-state index contributed by atoms with van der Waals surface area (Å²) >= 11 is 6.18. The Labute approximate surface area is 192 Å². The van der Waals surface area contributed by atoms with E-state index in [0.29, 0.717) is 49.2 Å². The molecule has 1 aromatic heterocycles. The molecule has 6 nitrogen and oxygen atoms in total. The van der Waals surface area contributed by atoms with E-state index >= 15 is 0 Å². The summed E-state index contributed by atoms with van der Waals surface area (Å²) in [6, 6.07) is 11.8. The molecule has 0 spiro atoms. The molecule has 8 heteroatoms. The van der Waals surface area contributed by atoms with E-state index in [1.165, 1.54) is 12.1 Å². The molecule has 4 rings (SSSR count). The van der Waals surface area contributed by atoms with Gasteiger partial charge in [0.2, 0.25) is 0 Å². The van der Waals surface area contributed by atoms with Gasteiger partial charge in [-0.15, -0.1) is 0 Å². The first-order valence-electron chi connectivity index (χ1n) is 10.7. The first-order valence-corrected chi connectivity index (χ1v) is 11.1. The summed E-state index contributed by atoms with van der Waals surface area (Å²) in [4.78, 5) is 17.4. The van der Waals surface area contributed by atoms with Crippen molar-refractivity contribution in [2.24, 2.45) is 0 Å². The van der Waals surface area contributed by atoms with Crippen LogP contribution in [0.3, 0.4) is 0 Å². The van der Waals surface area contributed by atoms with E-state index < -0.39 is 0 Å². The van der Waals surface area contributed by atoms with Crippen molar-refractivity contribution in [3.05, 3.63) is 70.8 Å². The normalized spacial score (nSPS) is 14.0. The van der Waals surface area contributed by atoms with E-state index in [2.05, 4.69) is 16.9 Å². The van der Waals surface area contributed by atoms with Crippen molar-refractivity contribution in [3.8, 4) is 11.4 Å². The highest BCUT2D eigenvalue weighted by molar-refractivity contribution is 6.30. The highest BCUT2D eigenvalue weighted by Gasteiger charge is 2.28. The Balaban J connectivity index is 1.52. The van der Waals surface area contributed by atoms with Crippen molar-refractivity contribution >= 4 is 23.2 Å². The van der Waals surface area contributed by atoms with Gasteiger partial charge in [0.25, 0.3) is 5.91 Å². The average molecular weight is 457 g/mol. The van der Waals surface area contributed by atoms with Crippen LogP contribution in [0.25, 0.3) is 5.69 Å². The second kappa shape index (κ2) is 9.61. The summed E-state index contributed by atoms with van der Waals surface area (Å²) < 4.78 is 20.7. The second-order valence-corrected chi connectivity index (χ2v) is 8.26. The Hall–Kier alpha value is -3.06. The summed E-state index contributed by atoms with van der Waals surface area (Å²) in [5.41, 5.74) is 3.18. The van der Waals surface area contributed by atoms with Gasteiger partial charge in [-0.1, -0.05) is 24.6 Å². The summed E-state index contributed by atoms with van der Waals surface area (Å²) in [5.74, 6) is -0.0544. The van der Waals surface area contributed by atoms with Crippen LogP contribution in [0.4, 0.5) is 10.1 Å². The Morgan fingerprint density at radius 3 is 2.53 bits per heavy atom. The molecule has 168 valence electrons. The molecule has 2 aromatic carbocycles. The molecule has 1 aliphatic heterocycles. The zero-order valence-corrected chi connectivity index (χ0v) is 19.0. The number of amides is 1. The van der Waals surface area contributed by atoms with E-state index in [4.69, 9.17) is 16.3 Å². The van der Waals surface area contributed by atoms with Gasteiger partial charge in [-0.3, -0.25) is 4.79 Å². The number of piperazine rings is 1. The highest BCUT2D eigenvalue weighted by atomic mass is 35.5. The first-order chi connectivity index (χ1) is 15.5. The molecule has 0 bridgehead atoms. The number of ether oxygens (including phenoxy) is 1. The summed E-state index contributed by atoms with van der Waals surface area (Å²) in [6.07, 6.45) is 2.49. The molecule has 1 aliphatic rings. The molecule has 0 saturated carbocycles. The van der Waals surface area contributed by atoms with Gasteiger partial charge in [0.05, 0.1) is 18.5 Å². The molecule has 0 atom stereocenters. The molecule has 0 radical (unpaired) electrons. The van der Waals surface area contributed by atoms with Crippen LogP contribution in [0, 0.1) is 12.7 Å². The largest absolute Gasteiger partial charge is 0.489 e. The van der Waals surface area contributed by atoms with Crippen LogP contribution >= 0.6 is 11.6 Å². The number of anilines is 1. The number of hydrogen-bond donors (Lipinski definition) is 0. The Bertz CT molecular complexity index is 1090. The monoisotopic (exact) mass is 456 g/mol. The average Bonchev–Trinajstić information content (AvgIpc) is 3.23. The Morgan fingerprint density at radius 2 is 1.84 bits per heavy atom. The fourth-order valence-electron chi connectivity index (χ4n) is 3.77. The fraction of sp³-hybridized carbons (Fsp3) is 0.333. The number of benzene rings is 2. The van der Waals surface area contributed by atoms with E-state index in [0.717, 1.165) is 17.7 Å². The van der Waals surface area contributed by atoms with Crippen molar-refractivity contribution in [2.75, 3.05) is 37.7 Å². The van der Waals surface area contributed by atoms with Crippen LogP contribution in [-0.2, 0) is 0 Å². The van der Waals surface area contributed by atoms with Crippen LogP contribution in [-0.4, -0.2) is 53.4 Å². The van der Waals surface area contributed by atoms with Crippen molar-refractivity contribution in [2.45, 2.75) is 20.3 Å². The number of halogens is 2. The quantitative estimate of drug-likeness (QED) is 0.538. The maximum atomic E-state index is 13.3. The molecule has 2 heterocycles. The number of hydrogen-bond acceptors (Lipinski definition) is 4. The van der Waals surface area contributed by atoms with Crippen LogP contribution in [0.2, 0.25) is 5.02 Å². The lowest BCUT2D eigenvalue weighted by Crippen LogP contribution is -2.49. The van der Waals surface area contributed by atoms with Crippen LogP contribution in [0.5, 0.6) is 5.75 Å². The number of carbonyl (C=O) groups is 1. The van der Waals surface area contributed by atoms with E-state index in [1.54, 1.807) is 27.9 Å². The molecule has 0 unspecified atom stereocenters. The van der Waals surface area contributed by atoms with Crippen molar-refractivity contribution in [3.63, 3.8) is 0 Å². The SMILES string of the molecule is CCCOc1cn(-c2ccc(F)cc2)nc1C(=O)N1CCN(c2cc(Cl)ccc2C)CC1. The molecule has 32 heavy (non-hydrogen) atoms. The summed E-state index contributed by atoms with van der Waals surface area (Å²) in [6.45, 7) is 7.10. The third kappa shape index (κ3) is 4.72. The van der Waals surface area contributed by atoms with Gasteiger partial charge in [0, 0.05) is 36.9 Å². The molecular weight excluding hydrogens is 431 g/mol. The number of carbonyl (C=O) groups excluding carboxylic acids is 1. The van der Waals surface area contributed by atoms with E-state index in [9.17, 15) is 9.18 Å².